The minimum atomic E-state index is -0.587. The van der Waals surface area contributed by atoms with Gasteiger partial charge in [0, 0.05) is 0 Å². The van der Waals surface area contributed by atoms with Crippen molar-refractivity contribution in [1.82, 2.24) is 0 Å². The largest absolute Gasteiger partial charge is 0.487 e. The Morgan fingerprint density at radius 1 is 0.733 bits per heavy atom. The number of benzene rings is 2. The number of quaternary nitrogens is 2. The van der Waals surface area contributed by atoms with E-state index in [0.29, 0.717) is 24.6 Å². The SMILES string of the molecule is CC(C)(C)[NH2+]C[C@@H](O)COc1cc2ccccc2cc1OC[C@@H](O)C[NH2+]C(C)(C)C. The molecule has 0 aliphatic carbocycles. The first-order chi connectivity index (χ1) is 13.9. The monoisotopic (exact) mass is 420 g/mol. The maximum Gasteiger partial charge on any atom is 0.161 e. The molecule has 2 aromatic carbocycles. The van der Waals surface area contributed by atoms with Gasteiger partial charge in [-0.2, -0.15) is 0 Å². The van der Waals surface area contributed by atoms with Gasteiger partial charge in [0.15, 0.2) is 11.5 Å². The van der Waals surface area contributed by atoms with E-state index < -0.39 is 12.2 Å². The van der Waals surface area contributed by atoms with Crippen molar-refractivity contribution in [3.63, 3.8) is 0 Å². The lowest BCUT2D eigenvalue weighted by atomic mass is 10.1. The zero-order valence-corrected chi connectivity index (χ0v) is 19.3. The molecule has 0 saturated carbocycles. The summed E-state index contributed by atoms with van der Waals surface area (Å²) < 4.78 is 11.9. The van der Waals surface area contributed by atoms with Gasteiger partial charge in [0.2, 0.25) is 0 Å². The van der Waals surface area contributed by atoms with Crippen LogP contribution in [0.3, 0.4) is 0 Å². The number of nitrogens with two attached hydrogens (primary N) is 2. The molecule has 0 aliphatic heterocycles. The molecule has 0 saturated heterocycles. The van der Waals surface area contributed by atoms with Crippen molar-refractivity contribution in [2.75, 3.05) is 26.3 Å². The predicted octanol–water partition coefficient (Wildman–Crippen LogP) is 1.04. The molecule has 2 rings (SSSR count). The first kappa shape index (κ1) is 24.4. The molecule has 30 heavy (non-hydrogen) atoms. The molecule has 6 heteroatoms. The van der Waals surface area contributed by atoms with Gasteiger partial charge in [-0.15, -0.1) is 0 Å². The van der Waals surface area contributed by atoms with Gasteiger partial charge in [-0.1, -0.05) is 24.3 Å². The third-order valence-corrected chi connectivity index (χ3v) is 4.68. The van der Waals surface area contributed by atoms with Crippen LogP contribution in [0.4, 0.5) is 0 Å². The van der Waals surface area contributed by atoms with Crippen LogP contribution in [0.15, 0.2) is 36.4 Å². The zero-order valence-electron chi connectivity index (χ0n) is 19.3. The molecule has 6 nitrogen and oxygen atoms in total. The van der Waals surface area contributed by atoms with E-state index in [0.717, 1.165) is 10.8 Å². The summed E-state index contributed by atoms with van der Waals surface area (Å²) in [5.74, 6) is 1.16. The zero-order chi connectivity index (χ0) is 22.4. The summed E-state index contributed by atoms with van der Waals surface area (Å²) in [6, 6.07) is 11.8. The van der Waals surface area contributed by atoms with Gasteiger partial charge in [-0.05, 0) is 64.4 Å². The van der Waals surface area contributed by atoms with Crippen LogP contribution in [0.5, 0.6) is 11.5 Å². The Morgan fingerprint density at radius 3 is 1.43 bits per heavy atom. The molecule has 168 valence electrons. The van der Waals surface area contributed by atoms with Gasteiger partial charge in [0.25, 0.3) is 0 Å². The van der Waals surface area contributed by atoms with Crippen molar-refractivity contribution in [1.29, 1.82) is 0 Å². The third kappa shape index (κ3) is 8.88. The average Bonchev–Trinajstić information content (AvgIpc) is 2.66. The first-order valence-corrected chi connectivity index (χ1v) is 10.8. The minimum absolute atomic E-state index is 0.0540. The van der Waals surface area contributed by atoms with E-state index in [1.165, 1.54) is 0 Å². The molecule has 0 aliphatic rings. The van der Waals surface area contributed by atoms with Gasteiger partial charge in [0.1, 0.15) is 38.5 Å². The first-order valence-electron chi connectivity index (χ1n) is 10.8. The van der Waals surface area contributed by atoms with Gasteiger partial charge >= 0.3 is 0 Å². The van der Waals surface area contributed by atoms with Crippen LogP contribution in [0, 0.1) is 0 Å². The summed E-state index contributed by atoms with van der Waals surface area (Å²) in [4.78, 5) is 0. The summed E-state index contributed by atoms with van der Waals surface area (Å²) >= 11 is 0. The standard InChI is InChI=1S/C24H38N2O4/c1-23(2,3)25-13-19(27)15-29-21-11-17-9-7-8-10-18(17)12-22(21)30-16-20(28)14-26-24(4,5)6/h7-12,19-20,25-28H,13-16H2,1-6H3/p+2/t19-,20+. The van der Waals surface area contributed by atoms with Crippen molar-refractivity contribution < 1.29 is 30.3 Å². The van der Waals surface area contributed by atoms with Crippen molar-refractivity contribution in [2.45, 2.75) is 64.8 Å². The Bertz CT molecular complexity index is 729. The molecule has 2 atom stereocenters. The van der Waals surface area contributed by atoms with Gasteiger partial charge in [-0.3, -0.25) is 0 Å². The Kier molecular flexibility index (Phi) is 8.50. The highest BCUT2D eigenvalue weighted by Gasteiger charge is 2.19. The van der Waals surface area contributed by atoms with Crippen molar-refractivity contribution >= 4 is 10.8 Å². The summed E-state index contributed by atoms with van der Waals surface area (Å²) in [7, 11) is 0. The lowest BCUT2D eigenvalue weighted by Gasteiger charge is -2.21. The van der Waals surface area contributed by atoms with E-state index in [2.05, 4.69) is 52.2 Å². The number of aliphatic hydroxyl groups excluding tert-OH is 2. The number of hydrogen-bond donors (Lipinski definition) is 4. The second-order valence-electron chi connectivity index (χ2n) is 10.2. The van der Waals surface area contributed by atoms with Crippen LogP contribution in [-0.2, 0) is 0 Å². The maximum absolute atomic E-state index is 10.3. The van der Waals surface area contributed by atoms with Gasteiger partial charge < -0.3 is 30.3 Å². The van der Waals surface area contributed by atoms with E-state index in [-0.39, 0.29) is 24.3 Å². The van der Waals surface area contributed by atoms with Crippen LogP contribution >= 0.6 is 0 Å². The van der Waals surface area contributed by atoms with E-state index in [1.54, 1.807) is 0 Å². The summed E-state index contributed by atoms with van der Waals surface area (Å²) in [6.07, 6.45) is -1.17. The summed E-state index contributed by atoms with van der Waals surface area (Å²) in [5, 5.41) is 26.9. The Hall–Kier alpha value is -1.86. The smallest absolute Gasteiger partial charge is 0.161 e. The molecular formula is C24H40N2O4+2. The lowest BCUT2D eigenvalue weighted by molar-refractivity contribution is -0.722. The lowest BCUT2D eigenvalue weighted by Crippen LogP contribution is -2.96. The molecule has 0 heterocycles. The van der Waals surface area contributed by atoms with Crippen molar-refractivity contribution in [3.05, 3.63) is 36.4 Å². The molecule has 0 aromatic heterocycles. The fourth-order valence-corrected chi connectivity index (χ4v) is 2.91. The molecule has 0 unspecified atom stereocenters. The quantitative estimate of drug-likeness (QED) is 0.462. The molecule has 2 aromatic rings. The van der Waals surface area contributed by atoms with E-state index in [4.69, 9.17) is 9.47 Å². The second-order valence-corrected chi connectivity index (χ2v) is 10.2. The number of aliphatic hydroxyl groups is 2. The normalized spacial score (nSPS) is 14.5. The summed E-state index contributed by atoms with van der Waals surface area (Å²) in [6.45, 7) is 14.1. The number of ether oxygens (including phenoxy) is 2. The molecule has 6 N–H and O–H groups in total. The number of rotatable bonds is 10. The maximum atomic E-state index is 10.3. The van der Waals surface area contributed by atoms with Crippen LogP contribution in [0.25, 0.3) is 10.8 Å². The Labute approximate surface area is 180 Å². The van der Waals surface area contributed by atoms with Crippen LogP contribution in [0.2, 0.25) is 0 Å². The Balaban J connectivity index is 2.05. The highest BCUT2D eigenvalue weighted by molar-refractivity contribution is 5.86. The average molecular weight is 421 g/mol. The minimum Gasteiger partial charge on any atom is -0.487 e. The van der Waals surface area contributed by atoms with Crippen LogP contribution in [-0.4, -0.2) is 59.8 Å². The second kappa shape index (κ2) is 10.4. The van der Waals surface area contributed by atoms with E-state index in [9.17, 15) is 10.2 Å². The van der Waals surface area contributed by atoms with E-state index in [1.807, 2.05) is 36.4 Å². The Morgan fingerprint density at radius 2 is 1.10 bits per heavy atom. The molecular weight excluding hydrogens is 380 g/mol. The fourth-order valence-electron chi connectivity index (χ4n) is 2.91. The molecule has 0 radical (unpaired) electrons. The third-order valence-electron chi connectivity index (χ3n) is 4.68. The van der Waals surface area contributed by atoms with Crippen molar-refractivity contribution in [3.8, 4) is 11.5 Å². The molecule has 0 bridgehead atoms. The highest BCUT2D eigenvalue weighted by Crippen LogP contribution is 2.32. The highest BCUT2D eigenvalue weighted by atomic mass is 16.5. The van der Waals surface area contributed by atoms with Gasteiger partial charge in [0.05, 0.1) is 11.1 Å². The summed E-state index contributed by atoms with van der Waals surface area (Å²) in [5.41, 5.74) is 0.108. The number of hydrogen-bond acceptors (Lipinski definition) is 4. The van der Waals surface area contributed by atoms with E-state index >= 15 is 0 Å². The van der Waals surface area contributed by atoms with Gasteiger partial charge in [-0.25, -0.2) is 0 Å². The topological polar surface area (TPSA) is 92.1 Å². The molecule has 0 amide bonds. The fraction of sp³-hybridized carbons (Fsp3) is 0.583. The molecule has 0 fully saturated rings. The number of fused-ring (bicyclic) bond motifs is 1. The molecule has 0 spiro atoms. The van der Waals surface area contributed by atoms with Crippen LogP contribution < -0.4 is 20.1 Å². The van der Waals surface area contributed by atoms with Crippen LogP contribution in [0.1, 0.15) is 41.5 Å². The predicted molar refractivity (Wildman–Crippen MR) is 120 cm³/mol. The van der Waals surface area contributed by atoms with Crippen molar-refractivity contribution in [2.24, 2.45) is 0 Å².